The van der Waals surface area contributed by atoms with Crippen LogP contribution in [0.5, 0.6) is 0 Å². The molecule has 2 fully saturated rings. The molecule has 0 aromatic heterocycles. The molecule has 1 spiro atoms. The fourth-order valence-corrected chi connectivity index (χ4v) is 3.11. The lowest BCUT2D eigenvalue weighted by atomic mass is 9.77. The zero-order chi connectivity index (χ0) is 13.4. The first-order valence-corrected chi connectivity index (χ1v) is 6.33. The van der Waals surface area contributed by atoms with Gasteiger partial charge in [0.2, 0.25) is 0 Å². The van der Waals surface area contributed by atoms with Crippen LogP contribution in [0.4, 0.5) is 17.6 Å². The number of piperidine rings is 1. The van der Waals surface area contributed by atoms with E-state index in [-0.39, 0.29) is 18.5 Å². The van der Waals surface area contributed by atoms with Gasteiger partial charge in [0.1, 0.15) is 0 Å². The lowest BCUT2D eigenvalue weighted by Gasteiger charge is -2.40. The molecule has 2 aliphatic rings. The van der Waals surface area contributed by atoms with E-state index in [9.17, 15) is 22.4 Å². The summed E-state index contributed by atoms with van der Waals surface area (Å²) in [7, 11) is 0. The first kappa shape index (κ1) is 13.6. The van der Waals surface area contributed by atoms with Crippen molar-refractivity contribution in [1.82, 2.24) is 4.90 Å². The molecular formula is C12H17F4NO. The van der Waals surface area contributed by atoms with Crippen molar-refractivity contribution in [2.45, 2.75) is 50.9 Å². The average Bonchev–Trinajstić information content (AvgIpc) is 2.77. The van der Waals surface area contributed by atoms with Crippen LogP contribution in [-0.2, 0) is 4.79 Å². The standard InChI is InChI=1S/C12H17F4NO/c13-9(14)12(15,16)10(18)17-7-5-11(6-8-17)3-1-2-4-11/h9H,1-8H2. The number of likely N-dealkylation sites (tertiary alicyclic amines) is 1. The van der Waals surface area contributed by atoms with Gasteiger partial charge in [-0.1, -0.05) is 12.8 Å². The highest BCUT2D eigenvalue weighted by molar-refractivity contribution is 5.84. The van der Waals surface area contributed by atoms with E-state index in [1.807, 2.05) is 0 Å². The van der Waals surface area contributed by atoms with Crippen molar-refractivity contribution < 1.29 is 22.4 Å². The summed E-state index contributed by atoms with van der Waals surface area (Å²) >= 11 is 0. The van der Waals surface area contributed by atoms with E-state index in [2.05, 4.69) is 0 Å². The molecule has 1 saturated heterocycles. The van der Waals surface area contributed by atoms with Crippen LogP contribution in [0.15, 0.2) is 0 Å². The topological polar surface area (TPSA) is 20.3 Å². The molecule has 2 nitrogen and oxygen atoms in total. The lowest BCUT2D eigenvalue weighted by molar-refractivity contribution is -0.182. The molecule has 1 aliphatic carbocycles. The predicted molar refractivity (Wildman–Crippen MR) is 57.7 cm³/mol. The van der Waals surface area contributed by atoms with Crippen LogP contribution in [0.1, 0.15) is 38.5 Å². The van der Waals surface area contributed by atoms with Gasteiger partial charge in [-0.25, -0.2) is 8.78 Å². The van der Waals surface area contributed by atoms with E-state index in [1.54, 1.807) is 0 Å². The van der Waals surface area contributed by atoms with Crippen molar-refractivity contribution in [2.24, 2.45) is 5.41 Å². The van der Waals surface area contributed by atoms with Gasteiger partial charge in [0.05, 0.1) is 0 Å². The zero-order valence-electron chi connectivity index (χ0n) is 10.1. The molecule has 0 radical (unpaired) electrons. The molecule has 1 saturated carbocycles. The van der Waals surface area contributed by atoms with Gasteiger partial charge in [0.25, 0.3) is 5.91 Å². The van der Waals surface area contributed by atoms with Gasteiger partial charge in [-0.15, -0.1) is 0 Å². The summed E-state index contributed by atoms with van der Waals surface area (Å²) in [5.74, 6) is -6.26. The Labute approximate surface area is 103 Å². The second kappa shape index (κ2) is 4.70. The van der Waals surface area contributed by atoms with Crippen LogP contribution in [0.25, 0.3) is 0 Å². The van der Waals surface area contributed by atoms with Gasteiger partial charge >= 0.3 is 12.3 Å². The number of nitrogens with zero attached hydrogens (tertiary/aromatic N) is 1. The van der Waals surface area contributed by atoms with Crippen LogP contribution >= 0.6 is 0 Å². The zero-order valence-corrected chi connectivity index (χ0v) is 10.1. The minimum Gasteiger partial charge on any atom is -0.337 e. The van der Waals surface area contributed by atoms with E-state index >= 15 is 0 Å². The van der Waals surface area contributed by atoms with Gasteiger partial charge in [0.15, 0.2) is 0 Å². The first-order chi connectivity index (χ1) is 8.37. The molecule has 2 rings (SSSR count). The number of amides is 1. The first-order valence-electron chi connectivity index (χ1n) is 6.33. The predicted octanol–water partition coefficient (Wildman–Crippen LogP) is 3.07. The third kappa shape index (κ3) is 2.34. The van der Waals surface area contributed by atoms with Crippen LogP contribution in [-0.4, -0.2) is 36.2 Å². The van der Waals surface area contributed by atoms with Gasteiger partial charge < -0.3 is 4.90 Å². The maximum absolute atomic E-state index is 13.0. The lowest BCUT2D eigenvalue weighted by Crippen LogP contribution is -2.51. The second-order valence-corrected chi connectivity index (χ2v) is 5.42. The van der Waals surface area contributed by atoms with Crippen LogP contribution in [0.2, 0.25) is 0 Å². The van der Waals surface area contributed by atoms with Crippen molar-refractivity contribution >= 4 is 5.91 Å². The number of alkyl halides is 4. The highest BCUT2D eigenvalue weighted by Crippen LogP contribution is 2.46. The number of carbonyl (C=O) groups excluding carboxylic acids is 1. The molecule has 0 aromatic rings. The maximum Gasteiger partial charge on any atom is 0.383 e. The molecule has 0 bridgehead atoms. The quantitative estimate of drug-likeness (QED) is 0.704. The Morgan fingerprint density at radius 3 is 2.00 bits per heavy atom. The van der Waals surface area contributed by atoms with Crippen molar-refractivity contribution in [3.63, 3.8) is 0 Å². The Hall–Kier alpha value is -0.810. The monoisotopic (exact) mass is 267 g/mol. The van der Waals surface area contributed by atoms with E-state index in [0.717, 1.165) is 30.6 Å². The minimum absolute atomic E-state index is 0.177. The van der Waals surface area contributed by atoms with E-state index in [0.29, 0.717) is 12.8 Å². The largest absolute Gasteiger partial charge is 0.383 e. The summed E-state index contributed by atoms with van der Waals surface area (Å²) < 4.78 is 50.1. The number of carbonyl (C=O) groups is 1. The van der Waals surface area contributed by atoms with Crippen molar-refractivity contribution in [2.75, 3.05) is 13.1 Å². The highest BCUT2D eigenvalue weighted by Gasteiger charge is 2.52. The molecule has 18 heavy (non-hydrogen) atoms. The Balaban J connectivity index is 1.95. The fraction of sp³-hybridized carbons (Fsp3) is 0.917. The maximum atomic E-state index is 13.0. The van der Waals surface area contributed by atoms with Gasteiger partial charge in [0, 0.05) is 13.1 Å². The van der Waals surface area contributed by atoms with Crippen molar-refractivity contribution in [3.05, 3.63) is 0 Å². The molecular weight excluding hydrogens is 250 g/mol. The van der Waals surface area contributed by atoms with Crippen molar-refractivity contribution in [1.29, 1.82) is 0 Å². The molecule has 1 heterocycles. The molecule has 0 unspecified atom stereocenters. The van der Waals surface area contributed by atoms with Gasteiger partial charge in [-0.3, -0.25) is 4.79 Å². The summed E-state index contributed by atoms with van der Waals surface area (Å²) in [5.41, 5.74) is 0.177. The molecule has 0 atom stereocenters. The number of hydrogen-bond acceptors (Lipinski definition) is 1. The van der Waals surface area contributed by atoms with E-state index < -0.39 is 18.3 Å². The molecule has 6 heteroatoms. The SMILES string of the molecule is O=C(N1CCC2(CCCC2)CC1)C(F)(F)C(F)F. The summed E-state index contributed by atoms with van der Waals surface area (Å²) in [6, 6.07) is 0. The highest BCUT2D eigenvalue weighted by atomic mass is 19.3. The number of hydrogen-bond donors (Lipinski definition) is 0. The fourth-order valence-electron chi connectivity index (χ4n) is 3.11. The van der Waals surface area contributed by atoms with Crippen molar-refractivity contribution in [3.8, 4) is 0 Å². The van der Waals surface area contributed by atoms with Crippen LogP contribution in [0, 0.1) is 5.41 Å². The van der Waals surface area contributed by atoms with Crippen LogP contribution < -0.4 is 0 Å². The molecule has 0 N–H and O–H groups in total. The Bertz CT molecular complexity index is 316. The summed E-state index contributed by atoms with van der Waals surface area (Å²) in [4.78, 5) is 12.3. The van der Waals surface area contributed by atoms with Gasteiger partial charge in [-0.05, 0) is 31.1 Å². The minimum atomic E-state index is -4.54. The number of rotatable bonds is 2. The Kier molecular flexibility index (Phi) is 3.56. The third-order valence-electron chi connectivity index (χ3n) is 4.33. The molecule has 104 valence electrons. The Morgan fingerprint density at radius 2 is 1.56 bits per heavy atom. The Morgan fingerprint density at radius 1 is 1.06 bits per heavy atom. The summed E-state index contributed by atoms with van der Waals surface area (Å²) in [6.45, 7) is 0.363. The van der Waals surface area contributed by atoms with E-state index in [1.165, 1.54) is 0 Å². The molecule has 0 aromatic carbocycles. The number of halogens is 4. The van der Waals surface area contributed by atoms with Gasteiger partial charge in [-0.2, -0.15) is 8.78 Å². The summed E-state index contributed by atoms with van der Waals surface area (Å²) in [5, 5.41) is 0. The molecule has 1 aliphatic heterocycles. The normalized spacial score (nSPS) is 23.9. The van der Waals surface area contributed by atoms with E-state index in [4.69, 9.17) is 0 Å². The molecule has 1 amide bonds. The smallest absolute Gasteiger partial charge is 0.337 e. The second-order valence-electron chi connectivity index (χ2n) is 5.42. The summed E-state index contributed by atoms with van der Waals surface area (Å²) in [6.07, 6.45) is 1.83. The third-order valence-corrected chi connectivity index (χ3v) is 4.33. The van der Waals surface area contributed by atoms with Crippen LogP contribution in [0.3, 0.4) is 0 Å². The average molecular weight is 267 g/mol.